The molecule has 0 heterocycles. The quantitative estimate of drug-likeness (QED) is 0.701. The number of anilines is 1. The third-order valence-corrected chi connectivity index (χ3v) is 5.06. The normalized spacial score (nSPS) is 10.7. The van der Waals surface area contributed by atoms with E-state index in [1.807, 2.05) is 13.0 Å². The first-order chi connectivity index (χ1) is 12.8. The van der Waals surface area contributed by atoms with Crippen LogP contribution in [0.4, 0.5) is 5.69 Å². The Hall–Kier alpha value is -2.27. The van der Waals surface area contributed by atoms with Crippen LogP contribution in [0.2, 0.25) is 0 Å². The molecule has 0 aliphatic rings. The van der Waals surface area contributed by atoms with Gasteiger partial charge in [-0.2, -0.15) is 0 Å². The van der Waals surface area contributed by atoms with Gasteiger partial charge in [-0.3, -0.25) is 9.59 Å². The van der Waals surface area contributed by atoms with Crippen molar-refractivity contribution in [2.75, 3.05) is 17.6 Å². The number of hydrogen-bond acceptors (Lipinski definition) is 3. The minimum atomic E-state index is -0.0849. The lowest BCUT2D eigenvalue weighted by atomic mass is 10.1. The van der Waals surface area contributed by atoms with Gasteiger partial charge in [0, 0.05) is 23.5 Å². The maximum Gasteiger partial charge on any atom is 0.251 e. The molecule has 144 valence electrons. The molecule has 0 aliphatic carbocycles. The minimum absolute atomic E-state index is 0.0350. The van der Waals surface area contributed by atoms with Crippen molar-refractivity contribution < 1.29 is 9.59 Å². The third kappa shape index (κ3) is 7.10. The second-order valence-electron chi connectivity index (χ2n) is 7.16. The van der Waals surface area contributed by atoms with E-state index in [0.29, 0.717) is 23.8 Å². The number of carbonyl (C=O) groups excluding carboxylic acids is 2. The van der Waals surface area contributed by atoms with Gasteiger partial charge < -0.3 is 10.6 Å². The smallest absolute Gasteiger partial charge is 0.251 e. The summed E-state index contributed by atoms with van der Waals surface area (Å²) in [6, 6.07) is 13.7. The van der Waals surface area contributed by atoms with Gasteiger partial charge in [-0.15, -0.1) is 11.8 Å². The molecule has 2 aromatic rings. The zero-order valence-corrected chi connectivity index (χ0v) is 17.3. The van der Waals surface area contributed by atoms with Crippen molar-refractivity contribution in [3.05, 3.63) is 64.7 Å². The molecule has 2 N–H and O–H groups in total. The molecule has 0 saturated carbocycles. The number of hydrogen-bond donors (Lipinski definition) is 2. The Morgan fingerprint density at radius 1 is 1.04 bits per heavy atom. The molecule has 0 radical (unpaired) electrons. The Balaban J connectivity index is 1.84. The topological polar surface area (TPSA) is 58.2 Å². The Morgan fingerprint density at radius 2 is 1.74 bits per heavy atom. The van der Waals surface area contributed by atoms with Gasteiger partial charge in [-0.1, -0.05) is 43.7 Å². The van der Waals surface area contributed by atoms with Crippen LogP contribution >= 0.6 is 11.8 Å². The number of rotatable bonds is 8. The Kier molecular flexibility index (Phi) is 7.92. The van der Waals surface area contributed by atoms with E-state index in [0.717, 1.165) is 17.0 Å². The van der Waals surface area contributed by atoms with E-state index in [1.165, 1.54) is 11.1 Å². The van der Waals surface area contributed by atoms with Gasteiger partial charge in [-0.05, 0) is 49.1 Å². The van der Waals surface area contributed by atoms with E-state index in [4.69, 9.17) is 0 Å². The molecule has 0 fully saturated rings. The summed E-state index contributed by atoms with van der Waals surface area (Å²) >= 11 is 1.59. The summed E-state index contributed by atoms with van der Waals surface area (Å²) in [5.41, 5.74) is 4.69. The second-order valence-corrected chi connectivity index (χ2v) is 8.15. The van der Waals surface area contributed by atoms with Crippen LogP contribution in [0.1, 0.15) is 40.9 Å². The fourth-order valence-electron chi connectivity index (χ4n) is 2.48. The van der Waals surface area contributed by atoms with Gasteiger partial charge in [0.15, 0.2) is 0 Å². The molecule has 0 spiro atoms. The van der Waals surface area contributed by atoms with Crippen LogP contribution in [0.15, 0.2) is 42.5 Å². The first-order valence-corrected chi connectivity index (χ1v) is 10.3. The molecule has 2 rings (SSSR count). The zero-order valence-electron chi connectivity index (χ0n) is 16.5. The summed E-state index contributed by atoms with van der Waals surface area (Å²) in [6.45, 7) is 8.72. The number of nitrogens with one attached hydrogen (secondary N) is 2. The van der Waals surface area contributed by atoms with Crippen molar-refractivity contribution in [2.45, 2.75) is 33.4 Å². The van der Waals surface area contributed by atoms with Crippen molar-refractivity contribution in [2.24, 2.45) is 5.92 Å². The standard InChI is InChI=1S/C22H28N2O2S/c1-15(2)12-23-22(26)19-9-10-20(17(4)11-19)24-21(25)14-27-13-18-7-5-16(3)6-8-18/h5-11,15H,12-14H2,1-4H3,(H,23,26)(H,24,25). The average Bonchev–Trinajstić information content (AvgIpc) is 2.63. The van der Waals surface area contributed by atoms with Crippen LogP contribution < -0.4 is 10.6 Å². The molecule has 0 bridgehead atoms. The van der Waals surface area contributed by atoms with Gasteiger partial charge in [0.1, 0.15) is 0 Å². The van der Waals surface area contributed by atoms with E-state index in [2.05, 4.69) is 55.7 Å². The van der Waals surface area contributed by atoms with E-state index in [-0.39, 0.29) is 11.8 Å². The molecule has 0 saturated heterocycles. The van der Waals surface area contributed by atoms with Crippen LogP contribution in [0.5, 0.6) is 0 Å². The SMILES string of the molecule is Cc1ccc(CSCC(=O)Nc2ccc(C(=O)NCC(C)C)cc2C)cc1. The predicted octanol–water partition coefficient (Wildman–Crippen LogP) is 4.56. The number of aryl methyl sites for hydroxylation is 2. The van der Waals surface area contributed by atoms with Gasteiger partial charge in [-0.25, -0.2) is 0 Å². The molecule has 2 amide bonds. The largest absolute Gasteiger partial charge is 0.352 e. The lowest BCUT2D eigenvalue weighted by Gasteiger charge is -2.11. The van der Waals surface area contributed by atoms with Crippen molar-refractivity contribution in [1.82, 2.24) is 5.32 Å². The first kappa shape index (κ1) is 21.0. The summed E-state index contributed by atoms with van der Waals surface area (Å²) in [5.74, 6) is 1.49. The summed E-state index contributed by atoms with van der Waals surface area (Å²) in [6.07, 6.45) is 0. The van der Waals surface area contributed by atoms with Crippen LogP contribution in [0.3, 0.4) is 0 Å². The van der Waals surface area contributed by atoms with Gasteiger partial charge in [0.2, 0.25) is 5.91 Å². The van der Waals surface area contributed by atoms with E-state index < -0.39 is 0 Å². The van der Waals surface area contributed by atoms with Crippen molar-refractivity contribution in [1.29, 1.82) is 0 Å². The highest BCUT2D eigenvalue weighted by Crippen LogP contribution is 2.18. The molecule has 0 aromatic heterocycles. The van der Waals surface area contributed by atoms with E-state index in [1.54, 1.807) is 23.9 Å². The zero-order chi connectivity index (χ0) is 19.8. The Bertz CT molecular complexity index is 785. The maximum absolute atomic E-state index is 12.2. The predicted molar refractivity (Wildman–Crippen MR) is 114 cm³/mol. The lowest BCUT2D eigenvalue weighted by molar-refractivity contribution is -0.113. The van der Waals surface area contributed by atoms with E-state index >= 15 is 0 Å². The number of thioether (sulfide) groups is 1. The van der Waals surface area contributed by atoms with Crippen LogP contribution in [-0.2, 0) is 10.5 Å². The summed E-state index contributed by atoms with van der Waals surface area (Å²) < 4.78 is 0. The molecule has 0 aliphatic heterocycles. The fraction of sp³-hybridized carbons (Fsp3) is 0.364. The highest BCUT2D eigenvalue weighted by atomic mass is 32.2. The summed E-state index contributed by atoms with van der Waals surface area (Å²) in [7, 11) is 0. The average molecular weight is 385 g/mol. The molecule has 27 heavy (non-hydrogen) atoms. The fourth-order valence-corrected chi connectivity index (χ4v) is 3.26. The van der Waals surface area contributed by atoms with Crippen molar-refractivity contribution in [3.63, 3.8) is 0 Å². The lowest BCUT2D eigenvalue weighted by Crippen LogP contribution is -2.27. The van der Waals surface area contributed by atoms with Gasteiger partial charge in [0.25, 0.3) is 5.91 Å². The van der Waals surface area contributed by atoms with Gasteiger partial charge >= 0.3 is 0 Å². The van der Waals surface area contributed by atoms with Crippen molar-refractivity contribution >= 4 is 29.3 Å². The van der Waals surface area contributed by atoms with Gasteiger partial charge in [0.05, 0.1) is 5.75 Å². The monoisotopic (exact) mass is 384 g/mol. The highest BCUT2D eigenvalue weighted by Gasteiger charge is 2.10. The molecule has 4 nitrogen and oxygen atoms in total. The van der Waals surface area contributed by atoms with Crippen LogP contribution in [0.25, 0.3) is 0 Å². The number of carbonyl (C=O) groups is 2. The minimum Gasteiger partial charge on any atom is -0.352 e. The second kappa shape index (κ2) is 10.2. The number of benzene rings is 2. The Labute approximate surface area is 166 Å². The first-order valence-electron chi connectivity index (χ1n) is 9.17. The molecule has 5 heteroatoms. The molecular formula is C22H28N2O2S. The van der Waals surface area contributed by atoms with E-state index in [9.17, 15) is 9.59 Å². The van der Waals surface area contributed by atoms with Crippen LogP contribution in [0, 0.1) is 19.8 Å². The van der Waals surface area contributed by atoms with Crippen LogP contribution in [-0.4, -0.2) is 24.1 Å². The molecule has 2 aromatic carbocycles. The maximum atomic E-state index is 12.2. The summed E-state index contributed by atoms with van der Waals surface area (Å²) in [5, 5.41) is 5.83. The Morgan fingerprint density at radius 3 is 2.37 bits per heavy atom. The summed E-state index contributed by atoms with van der Waals surface area (Å²) in [4.78, 5) is 24.3. The number of amides is 2. The molecule has 0 unspecified atom stereocenters. The van der Waals surface area contributed by atoms with Crippen molar-refractivity contribution in [3.8, 4) is 0 Å². The molecular weight excluding hydrogens is 356 g/mol. The third-order valence-electron chi connectivity index (χ3n) is 4.06. The highest BCUT2D eigenvalue weighted by molar-refractivity contribution is 7.99. The molecule has 0 atom stereocenters.